The predicted octanol–water partition coefficient (Wildman–Crippen LogP) is 4.62. The highest BCUT2D eigenvalue weighted by molar-refractivity contribution is 5.62. The van der Waals surface area contributed by atoms with Gasteiger partial charge in [-0.25, -0.2) is 9.97 Å². The van der Waals surface area contributed by atoms with Gasteiger partial charge in [-0.1, -0.05) is 32.0 Å². The normalized spacial score (nSPS) is 9.59. The second-order valence-electron chi connectivity index (χ2n) is 4.44. The Kier molecular flexibility index (Phi) is 5.60. The molecule has 1 aromatic carbocycles. The third-order valence-corrected chi connectivity index (χ3v) is 3.02. The van der Waals surface area contributed by atoms with Crippen molar-refractivity contribution in [1.29, 1.82) is 0 Å². The molecule has 22 heavy (non-hydrogen) atoms. The minimum atomic E-state index is 0.591. The minimum Gasteiger partial charge on any atom is -0.324 e. The summed E-state index contributed by atoms with van der Waals surface area (Å²) in [5.74, 6) is 0.591. The number of benzene rings is 1. The van der Waals surface area contributed by atoms with Crippen LogP contribution in [0.3, 0.4) is 0 Å². The standard InChI is InChI=1S/C16H14N4.C2H6/c1-12-4-2-3-5-14(12)19-16-18-11-8-15(20-16)13-6-9-17-10-7-13;1-2/h2-11H,1H3,(H,18,19,20);1-2H3. The van der Waals surface area contributed by atoms with E-state index in [1.807, 2.05) is 50.2 Å². The Balaban J connectivity index is 0.000000847. The lowest BCUT2D eigenvalue weighted by Gasteiger charge is -2.08. The highest BCUT2D eigenvalue weighted by atomic mass is 15.1. The molecule has 0 bridgehead atoms. The molecule has 4 nitrogen and oxygen atoms in total. The summed E-state index contributed by atoms with van der Waals surface area (Å²) >= 11 is 0. The van der Waals surface area contributed by atoms with E-state index in [1.54, 1.807) is 18.6 Å². The zero-order valence-corrected chi connectivity index (χ0v) is 13.1. The molecule has 0 saturated carbocycles. The average molecular weight is 292 g/mol. The minimum absolute atomic E-state index is 0.591. The van der Waals surface area contributed by atoms with Crippen molar-refractivity contribution >= 4 is 11.6 Å². The van der Waals surface area contributed by atoms with Crippen LogP contribution in [-0.2, 0) is 0 Å². The van der Waals surface area contributed by atoms with E-state index in [9.17, 15) is 0 Å². The molecule has 0 unspecified atom stereocenters. The van der Waals surface area contributed by atoms with Crippen molar-refractivity contribution in [3.8, 4) is 11.3 Å². The van der Waals surface area contributed by atoms with E-state index in [0.29, 0.717) is 5.95 Å². The van der Waals surface area contributed by atoms with Crippen molar-refractivity contribution in [3.05, 3.63) is 66.6 Å². The Hall–Kier alpha value is -2.75. The molecule has 3 aromatic rings. The molecule has 0 atom stereocenters. The summed E-state index contributed by atoms with van der Waals surface area (Å²) in [4.78, 5) is 12.8. The maximum absolute atomic E-state index is 4.53. The molecule has 4 heteroatoms. The van der Waals surface area contributed by atoms with Gasteiger partial charge in [0.05, 0.1) is 5.69 Å². The molecule has 0 radical (unpaired) electrons. The average Bonchev–Trinajstić information content (AvgIpc) is 2.60. The summed E-state index contributed by atoms with van der Waals surface area (Å²) in [6.45, 7) is 6.05. The number of nitrogens with zero attached hydrogens (tertiary/aromatic N) is 3. The number of nitrogens with one attached hydrogen (secondary N) is 1. The van der Waals surface area contributed by atoms with Crippen LogP contribution >= 0.6 is 0 Å². The predicted molar refractivity (Wildman–Crippen MR) is 91.1 cm³/mol. The van der Waals surface area contributed by atoms with Gasteiger partial charge in [0.1, 0.15) is 0 Å². The van der Waals surface area contributed by atoms with Gasteiger partial charge in [0.25, 0.3) is 0 Å². The van der Waals surface area contributed by atoms with Crippen molar-refractivity contribution in [3.63, 3.8) is 0 Å². The van der Waals surface area contributed by atoms with Crippen LogP contribution < -0.4 is 5.32 Å². The molecule has 0 aliphatic rings. The number of hydrogen-bond donors (Lipinski definition) is 1. The Labute approximate surface area is 131 Å². The van der Waals surface area contributed by atoms with Gasteiger partial charge in [-0.05, 0) is 36.8 Å². The second kappa shape index (κ2) is 7.88. The molecule has 2 heterocycles. The Morgan fingerprint density at radius 2 is 1.59 bits per heavy atom. The number of pyridine rings is 1. The van der Waals surface area contributed by atoms with E-state index in [2.05, 4.69) is 33.3 Å². The molecule has 0 spiro atoms. The molecule has 0 aliphatic carbocycles. The van der Waals surface area contributed by atoms with E-state index in [1.165, 1.54) is 0 Å². The summed E-state index contributed by atoms with van der Waals surface area (Å²) in [7, 11) is 0. The molecule has 1 N–H and O–H groups in total. The molecular weight excluding hydrogens is 272 g/mol. The van der Waals surface area contributed by atoms with Crippen molar-refractivity contribution in [2.45, 2.75) is 20.8 Å². The number of anilines is 2. The highest BCUT2D eigenvalue weighted by Gasteiger charge is 2.03. The number of para-hydroxylation sites is 1. The van der Waals surface area contributed by atoms with Crippen LogP contribution in [0.15, 0.2) is 61.1 Å². The Morgan fingerprint density at radius 1 is 0.864 bits per heavy atom. The molecular formula is C18H20N4. The molecule has 2 aromatic heterocycles. The van der Waals surface area contributed by atoms with Gasteiger partial charge in [0, 0.05) is 29.8 Å². The maximum Gasteiger partial charge on any atom is 0.227 e. The van der Waals surface area contributed by atoms with Crippen molar-refractivity contribution in [2.24, 2.45) is 0 Å². The van der Waals surface area contributed by atoms with Gasteiger partial charge in [-0.3, -0.25) is 4.98 Å². The van der Waals surface area contributed by atoms with Crippen molar-refractivity contribution in [1.82, 2.24) is 15.0 Å². The van der Waals surface area contributed by atoms with E-state index < -0.39 is 0 Å². The molecule has 0 aliphatic heterocycles. The third kappa shape index (κ3) is 3.88. The summed E-state index contributed by atoms with van der Waals surface area (Å²) in [5.41, 5.74) is 4.07. The third-order valence-electron chi connectivity index (χ3n) is 3.02. The van der Waals surface area contributed by atoms with E-state index >= 15 is 0 Å². The van der Waals surface area contributed by atoms with Crippen LogP contribution in [0.25, 0.3) is 11.3 Å². The van der Waals surface area contributed by atoms with Gasteiger partial charge >= 0.3 is 0 Å². The molecule has 0 amide bonds. The number of aromatic nitrogens is 3. The van der Waals surface area contributed by atoms with E-state index in [4.69, 9.17) is 0 Å². The van der Waals surface area contributed by atoms with Crippen molar-refractivity contribution in [2.75, 3.05) is 5.32 Å². The van der Waals surface area contributed by atoms with Crippen LogP contribution in [0.5, 0.6) is 0 Å². The molecule has 0 fully saturated rings. The van der Waals surface area contributed by atoms with E-state index in [0.717, 1.165) is 22.5 Å². The number of hydrogen-bond acceptors (Lipinski definition) is 4. The first-order valence-electron chi connectivity index (χ1n) is 7.39. The Morgan fingerprint density at radius 3 is 2.32 bits per heavy atom. The number of rotatable bonds is 3. The Bertz CT molecular complexity index is 711. The lowest BCUT2D eigenvalue weighted by atomic mass is 10.2. The van der Waals surface area contributed by atoms with E-state index in [-0.39, 0.29) is 0 Å². The summed E-state index contributed by atoms with van der Waals surface area (Å²) in [6.07, 6.45) is 5.27. The lowest BCUT2D eigenvalue weighted by Crippen LogP contribution is -1.99. The zero-order valence-electron chi connectivity index (χ0n) is 13.1. The summed E-state index contributed by atoms with van der Waals surface area (Å²) < 4.78 is 0. The first-order valence-corrected chi connectivity index (χ1v) is 7.39. The van der Waals surface area contributed by atoms with Gasteiger partial charge < -0.3 is 5.32 Å². The number of aryl methyl sites for hydroxylation is 1. The summed E-state index contributed by atoms with van der Waals surface area (Å²) in [6, 6.07) is 13.8. The first kappa shape index (κ1) is 15.6. The van der Waals surface area contributed by atoms with Gasteiger partial charge in [-0.15, -0.1) is 0 Å². The first-order chi connectivity index (χ1) is 10.8. The fraction of sp³-hybridized carbons (Fsp3) is 0.167. The van der Waals surface area contributed by atoms with Crippen LogP contribution in [0, 0.1) is 6.92 Å². The van der Waals surface area contributed by atoms with Gasteiger partial charge in [0.2, 0.25) is 5.95 Å². The SMILES string of the molecule is CC.Cc1ccccc1Nc1nccc(-c2ccncc2)n1. The molecule has 112 valence electrons. The monoisotopic (exact) mass is 292 g/mol. The van der Waals surface area contributed by atoms with Crippen molar-refractivity contribution < 1.29 is 0 Å². The quantitative estimate of drug-likeness (QED) is 0.765. The topological polar surface area (TPSA) is 50.7 Å². The van der Waals surface area contributed by atoms with Crippen LogP contribution in [-0.4, -0.2) is 15.0 Å². The zero-order chi connectivity index (χ0) is 15.8. The van der Waals surface area contributed by atoms with Gasteiger partial charge in [0.15, 0.2) is 0 Å². The largest absolute Gasteiger partial charge is 0.324 e. The highest BCUT2D eigenvalue weighted by Crippen LogP contribution is 2.20. The second-order valence-corrected chi connectivity index (χ2v) is 4.44. The van der Waals surface area contributed by atoms with Crippen LogP contribution in [0.2, 0.25) is 0 Å². The fourth-order valence-corrected chi connectivity index (χ4v) is 1.94. The maximum atomic E-state index is 4.53. The summed E-state index contributed by atoms with van der Waals surface area (Å²) in [5, 5.41) is 3.24. The van der Waals surface area contributed by atoms with Gasteiger partial charge in [-0.2, -0.15) is 0 Å². The van der Waals surface area contributed by atoms with Crippen LogP contribution in [0.1, 0.15) is 19.4 Å². The lowest BCUT2D eigenvalue weighted by molar-refractivity contribution is 1.16. The fourth-order valence-electron chi connectivity index (χ4n) is 1.94. The van der Waals surface area contributed by atoms with Crippen LogP contribution in [0.4, 0.5) is 11.6 Å². The molecule has 0 saturated heterocycles. The smallest absolute Gasteiger partial charge is 0.227 e. The molecule has 3 rings (SSSR count).